The van der Waals surface area contributed by atoms with Crippen molar-refractivity contribution >= 4 is 29.2 Å². The van der Waals surface area contributed by atoms with Crippen molar-refractivity contribution < 1.29 is 9.53 Å². The lowest BCUT2D eigenvalue weighted by Gasteiger charge is -2.36. The Hall–Kier alpha value is -3.92. The van der Waals surface area contributed by atoms with Crippen molar-refractivity contribution in [2.75, 3.05) is 61.1 Å². The molecule has 3 aliphatic rings. The van der Waals surface area contributed by atoms with E-state index in [-0.39, 0.29) is 12.1 Å². The number of morpholine rings is 1. The number of benzene rings is 1. The molecule has 5 heterocycles. The number of ether oxygens (including phenoxy) is 1. The maximum Gasteiger partial charge on any atom is 0.317 e. The van der Waals surface area contributed by atoms with Crippen molar-refractivity contribution in [2.24, 2.45) is 0 Å². The van der Waals surface area contributed by atoms with E-state index in [1.807, 2.05) is 30.2 Å². The van der Waals surface area contributed by atoms with E-state index in [9.17, 15) is 4.79 Å². The quantitative estimate of drug-likeness (QED) is 0.516. The number of rotatable bonds is 6. The number of aryl methyl sites for hydroxylation is 1. The molecule has 6 rings (SSSR count). The molecule has 3 aromatic rings. The fourth-order valence-corrected chi connectivity index (χ4v) is 5.74. The highest BCUT2D eigenvalue weighted by Gasteiger charge is 2.45. The van der Waals surface area contributed by atoms with Gasteiger partial charge in [-0.05, 0) is 62.2 Å². The second kappa shape index (κ2) is 10.4. The standard InChI is InChI=1S/C28H34N8O2/c1-3-29-28(37)36-18-22-15-23(36)17-35(22)25-6-5-21(14-19(25)2)32-27-30-9-8-24(33-27)20-4-7-26(31-16-20)34-10-12-38-13-11-34/h4-9,14,16,22-23H,3,10-13,15,17-18H2,1-2H3,(H,29,37)(H,30,32,33)/t22-,23-/m0/s1. The van der Waals surface area contributed by atoms with E-state index >= 15 is 0 Å². The van der Waals surface area contributed by atoms with E-state index in [1.165, 1.54) is 11.3 Å². The molecule has 3 aliphatic heterocycles. The molecule has 2 amide bonds. The van der Waals surface area contributed by atoms with Crippen LogP contribution in [0.4, 0.5) is 27.9 Å². The molecule has 2 atom stereocenters. The first-order chi connectivity index (χ1) is 18.6. The number of carbonyl (C=O) groups is 1. The Balaban J connectivity index is 1.12. The van der Waals surface area contributed by atoms with Gasteiger partial charge in [0, 0.05) is 68.1 Å². The molecule has 0 saturated carbocycles. The van der Waals surface area contributed by atoms with Crippen LogP contribution in [0.15, 0.2) is 48.8 Å². The molecule has 38 heavy (non-hydrogen) atoms. The van der Waals surface area contributed by atoms with Gasteiger partial charge in [0.15, 0.2) is 0 Å². The molecular weight excluding hydrogens is 480 g/mol. The lowest BCUT2D eigenvalue weighted by atomic mass is 10.1. The molecule has 10 heteroatoms. The molecule has 0 unspecified atom stereocenters. The van der Waals surface area contributed by atoms with Gasteiger partial charge in [0.2, 0.25) is 5.95 Å². The number of pyridine rings is 1. The number of likely N-dealkylation sites (tertiary alicyclic amines) is 1. The van der Waals surface area contributed by atoms with Gasteiger partial charge >= 0.3 is 6.03 Å². The zero-order valence-electron chi connectivity index (χ0n) is 21.9. The Morgan fingerprint density at radius 3 is 2.66 bits per heavy atom. The first kappa shape index (κ1) is 24.4. The molecule has 2 N–H and O–H groups in total. The van der Waals surface area contributed by atoms with Crippen LogP contribution in [-0.2, 0) is 4.74 Å². The average Bonchev–Trinajstić information content (AvgIpc) is 3.56. The highest BCUT2D eigenvalue weighted by Crippen LogP contribution is 2.37. The number of hydrogen-bond donors (Lipinski definition) is 2. The van der Waals surface area contributed by atoms with Crippen molar-refractivity contribution in [1.82, 2.24) is 25.2 Å². The molecule has 10 nitrogen and oxygen atoms in total. The Kier molecular flexibility index (Phi) is 6.71. The van der Waals surface area contributed by atoms with Crippen LogP contribution in [0.3, 0.4) is 0 Å². The summed E-state index contributed by atoms with van der Waals surface area (Å²) in [5.41, 5.74) is 5.12. The second-order valence-corrected chi connectivity index (χ2v) is 10.1. The van der Waals surface area contributed by atoms with Crippen LogP contribution in [0.1, 0.15) is 18.9 Å². The third kappa shape index (κ3) is 4.83. The highest BCUT2D eigenvalue weighted by atomic mass is 16.5. The largest absolute Gasteiger partial charge is 0.378 e. The van der Waals surface area contributed by atoms with E-state index in [2.05, 4.69) is 61.6 Å². The predicted molar refractivity (Wildman–Crippen MR) is 148 cm³/mol. The monoisotopic (exact) mass is 514 g/mol. The molecule has 0 radical (unpaired) electrons. The molecule has 3 saturated heterocycles. The van der Waals surface area contributed by atoms with Gasteiger partial charge in [-0.15, -0.1) is 0 Å². The van der Waals surface area contributed by atoms with Crippen LogP contribution in [0.5, 0.6) is 0 Å². The molecule has 0 spiro atoms. The van der Waals surface area contributed by atoms with Crippen LogP contribution in [-0.4, -0.2) is 83.9 Å². The van der Waals surface area contributed by atoms with Gasteiger partial charge in [-0.25, -0.2) is 19.7 Å². The highest BCUT2D eigenvalue weighted by molar-refractivity contribution is 5.76. The third-order valence-electron chi connectivity index (χ3n) is 7.63. The maximum absolute atomic E-state index is 12.3. The van der Waals surface area contributed by atoms with Gasteiger partial charge in [-0.3, -0.25) is 0 Å². The Bertz CT molecular complexity index is 1290. The van der Waals surface area contributed by atoms with E-state index in [0.717, 1.165) is 68.6 Å². The summed E-state index contributed by atoms with van der Waals surface area (Å²) in [4.78, 5) is 32.8. The van der Waals surface area contributed by atoms with Gasteiger partial charge in [-0.1, -0.05) is 0 Å². The minimum atomic E-state index is 0.0574. The zero-order valence-corrected chi connectivity index (χ0v) is 21.9. The fraction of sp³-hybridized carbons (Fsp3) is 0.429. The van der Waals surface area contributed by atoms with E-state index < -0.39 is 0 Å². The van der Waals surface area contributed by atoms with Crippen molar-refractivity contribution in [3.05, 3.63) is 54.4 Å². The number of hydrogen-bond acceptors (Lipinski definition) is 8. The van der Waals surface area contributed by atoms with Gasteiger partial charge < -0.3 is 30.1 Å². The van der Waals surface area contributed by atoms with Crippen LogP contribution in [0, 0.1) is 6.92 Å². The topological polar surface area (TPSA) is 98.8 Å². The van der Waals surface area contributed by atoms with E-state index in [4.69, 9.17) is 9.72 Å². The molecule has 2 aromatic heterocycles. The van der Waals surface area contributed by atoms with Gasteiger partial charge in [-0.2, -0.15) is 0 Å². The SMILES string of the molecule is CCNC(=O)N1C[C@@H]2C[C@H]1CN2c1ccc(Nc2nccc(-c3ccc(N4CCOCC4)nc3)n2)cc1C. The number of anilines is 4. The fourth-order valence-electron chi connectivity index (χ4n) is 5.74. The number of nitrogens with zero attached hydrogens (tertiary/aromatic N) is 6. The molecular formula is C28H34N8O2. The van der Waals surface area contributed by atoms with Crippen molar-refractivity contribution in [2.45, 2.75) is 32.4 Å². The Labute approximate surface area is 223 Å². The third-order valence-corrected chi connectivity index (χ3v) is 7.63. The number of amides is 2. The summed E-state index contributed by atoms with van der Waals surface area (Å²) in [6.45, 7) is 9.60. The van der Waals surface area contributed by atoms with Crippen LogP contribution >= 0.6 is 0 Å². The smallest absolute Gasteiger partial charge is 0.317 e. The first-order valence-corrected chi connectivity index (χ1v) is 13.4. The number of piperazine rings is 1. The van der Waals surface area contributed by atoms with Crippen LogP contribution in [0.2, 0.25) is 0 Å². The lowest BCUT2D eigenvalue weighted by Crippen LogP contribution is -2.52. The molecule has 198 valence electrons. The van der Waals surface area contributed by atoms with Crippen LogP contribution in [0.25, 0.3) is 11.3 Å². The van der Waals surface area contributed by atoms with Crippen molar-refractivity contribution in [3.63, 3.8) is 0 Å². The first-order valence-electron chi connectivity index (χ1n) is 13.4. The number of urea groups is 1. The lowest BCUT2D eigenvalue weighted by molar-refractivity contribution is 0.122. The maximum atomic E-state index is 12.3. The summed E-state index contributed by atoms with van der Waals surface area (Å²) >= 11 is 0. The molecule has 3 fully saturated rings. The summed E-state index contributed by atoms with van der Waals surface area (Å²) in [6, 6.07) is 13.1. The molecule has 2 bridgehead atoms. The normalized spacial score (nSPS) is 20.6. The van der Waals surface area contributed by atoms with Gasteiger partial charge in [0.05, 0.1) is 24.9 Å². The Morgan fingerprint density at radius 2 is 1.95 bits per heavy atom. The van der Waals surface area contributed by atoms with Crippen LogP contribution < -0.4 is 20.4 Å². The van der Waals surface area contributed by atoms with E-state index in [0.29, 0.717) is 18.5 Å². The summed E-state index contributed by atoms with van der Waals surface area (Å²) < 4.78 is 5.44. The van der Waals surface area contributed by atoms with E-state index in [1.54, 1.807) is 6.20 Å². The minimum Gasteiger partial charge on any atom is -0.378 e. The van der Waals surface area contributed by atoms with Gasteiger partial charge in [0.25, 0.3) is 0 Å². The van der Waals surface area contributed by atoms with Gasteiger partial charge in [0.1, 0.15) is 5.82 Å². The minimum absolute atomic E-state index is 0.0574. The summed E-state index contributed by atoms with van der Waals surface area (Å²) in [6.07, 6.45) is 4.66. The average molecular weight is 515 g/mol. The zero-order chi connectivity index (χ0) is 26.1. The van der Waals surface area contributed by atoms with Crippen molar-refractivity contribution in [3.8, 4) is 11.3 Å². The number of fused-ring (bicyclic) bond motifs is 2. The molecule has 1 aromatic carbocycles. The second-order valence-electron chi connectivity index (χ2n) is 10.1. The number of nitrogens with one attached hydrogen (secondary N) is 2. The Morgan fingerprint density at radius 1 is 1.08 bits per heavy atom. The predicted octanol–water partition coefficient (Wildman–Crippen LogP) is 3.42. The summed E-state index contributed by atoms with van der Waals surface area (Å²) in [5.74, 6) is 1.51. The number of carbonyl (C=O) groups excluding carboxylic acids is 1. The molecule has 0 aliphatic carbocycles. The van der Waals surface area contributed by atoms with Crippen molar-refractivity contribution in [1.29, 1.82) is 0 Å². The summed E-state index contributed by atoms with van der Waals surface area (Å²) in [7, 11) is 0. The summed E-state index contributed by atoms with van der Waals surface area (Å²) in [5, 5.41) is 6.30. The number of aromatic nitrogens is 3.